The third-order valence-electron chi connectivity index (χ3n) is 5.11. The van der Waals surface area contributed by atoms with Gasteiger partial charge in [-0.05, 0) is 37.0 Å². The zero-order valence-electron chi connectivity index (χ0n) is 16.4. The quantitative estimate of drug-likeness (QED) is 0.253. The van der Waals surface area contributed by atoms with E-state index < -0.39 is 0 Å². The zero-order chi connectivity index (χ0) is 19.7. The zero-order valence-corrected chi connectivity index (χ0v) is 17.2. The number of rotatable bonds is 5. The molecule has 152 valence electrons. The second-order valence-electron chi connectivity index (χ2n) is 6.80. The Morgan fingerprint density at radius 1 is 1.39 bits per heavy atom. The van der Waals surface area contributed by atoms with Crippen molar-refractivity contribution in [3.63, 3.8) is 0 Å². The molecular weight excluding hydrogens is 380 g/mol. The molecule has 28 heavy (non-hydrogen) atoms. The van der Waals surface area contributed by atoms with Crippen LogP contribution in [-0.2, 0) is 17.8 Å². The predicted octanol–water partition coefficient (Wildman–Crippen LogP) is 1.93. The molecule has 3 rings (SSSR count). The minimum atomic E-state index is -0.265. The molecule has 1 atom stereocenters. The average Bonchev–Trinajstić information content (AvgIpc) is 2.95. The van der Waals surface area contributed by atoms with E-state index in [1.54, 1.807) is 0 Å². The van der Waals surface area contributed by atoms with E-state index in [-0.39, 0.29) is 35.5 Å². The highest BCUT2D eigenvalue weighted by atomic mass is 35.5. The van der Waals surface area contributed by atoms with E-state index >= 15 is 0 Å². The van der Waals surface area contributed by atoms with Gasteiger partial charge < -0.3 is 16.8 Å². The molecule has 1 amide bonds. The van der Waals surface area contributed by atoms with Gasteiger partial charge in [-0.15, -0.1) is 0 Å². The number of nitrogens with one attached hydrogen (secondary N) is 1. The minimum Gasteiger partial charge on any atom is -0.368 e. The largest absolute Gasteiger partial charge is 0.368 e. The molecule has 0 radical (unpaired) electrons. The lowest BCUT2D eigenvalue weighted by molar-refractivity contribution is -0.121. The number of carbonyl (C=O) groups is 1. The number of nitrogens with zero attached hydrogens (tertiary/aromatic N) is 4. The normalized spacial score (nSPS) is 15.2. The Bertz CT molecular complexity index is 888. The average molecular weight is 407 g/mol. The number of hydrogen-bond donors (Lipinski definition) is 4. The highest BCUT2D eigenvalue weighted by molar-refractivity contribution is 6.30. The molecule has 0 fully saturated rings. The van der Waals surface area contributed by atoms with Crippen molar-refractivity contribution in [3.05, 3.63) is 39.3 Å². The second-order valence-corrected chi connectivity index (χ2v) is 7.16. The maximum Gasteiger partial charge on any atom is 0.234 e. The van der Waals surface area contributed by atoms with Crippen LogP contribution in [0.2, 0.25) is 5.15 Å². The lowest BCUT2D eigenvalue weighted by Gasteiger charge is -2.21. The van der Waals surface area contributed by atoms with E-state index in [0.29, 0.717) is 18.9 Å². The van der Waals surface area contributed by atoms with Crippen molar-refractivity contribution in [1.29, 1.82) is 0 Å². The van der Waals surface area contributed by atoms with Crippen LogP contribution in [0.15, 0.2) is 6.20 Å². The van der Waals surface area contributed by atoms with E-state index in [0.717, 1.165) is 17.7 Å². The van der Waals surface area contributed by atoms with Gasteiger partial charge in [-0.3, -0.25) is 15.2 Å². The monoisotopic (exact) mass is 406 g/mol. The topological polar surface area (TPSA) is 158 Å². The van der Waals surface area contributed by atoms with Crippen molar-refractivity contribution in [2.75, 3.05) is 17.2 Å². The van der Waals surface area contributed by atoms with Gasteiger partial charge in [0.2, 0.25) is 11.9 Å². The van der Waals surface area contributed by atoms with Crippen LogP contribution in [0.1, 0.15) is 47.2 Å². The first-order chi connectivity index (χ1) is 12.8. The van der Waals surface area contributed by atoms with Gasteiger partial charge in [0.15, 0.2) is 0 Å². The summed E-state index contributed by atoms with van der Waals surface area (Å²) < 4.78 is 0. The Morgan fingerprint density at radius 3 is 2.75 bits per heavy atom. The minimum absolute atomic E-state index is 0. The van der Waals surface area contributed by atoms with Crippen molar-refractivity contribution >= 4 is 29.3 Å². The molecule has 0 unspecified atom stereocenters. The number of anilines is 2. The predicted molar refractivity (Wildman–Crippen MR) is 110 cm³/mol. The van der Waals surface area contributed by atoms with E-state index in [1.807, 2.05) is 6.20 Å². The van der Waals surface area contributed by atoms with E-state index in [4.69, 9.17) is 23.2 Å². The van der Waals surface area contributed by atoms with Crippen molar-refractivity contribution in [2.24, 2.45) is 5.84 Å². The number of hydrazine groups is 1. The summed E-state index contributed by atoms with van der Waals surface area (Å²) in [6, 6.07) is 0. The Morgan fingerprint density at radius 2 is 2.11 bits per heavy atom. The number of nitrogens with two attached hydrogens (primary N) is 2. The lowest BCUT2D eigenvalue weighted by atomic mass is 10.00. The molecule has 1 aliphatic rings. The molecule has 0 bridgehead atoms. The summed E-state index contributed by atoms with van der Waals surface area (Å²) in [5.74, 6) is 5.59. The van der Waals surface area contributed by atoms with E-state index in [2.05, 4.69) is 46.0 Å². The molecule has 8 N–H and O–H groups in total. The van der Waals surface area contributed by atoms with E-state index in [9.17, 15) is 4.79 Å². The fourth-order valence-electron chi connectivity index (χ4n) is 3.78. The number of nitrogen functional groups attached to an aromatic ring is 1. The number of aromatic nitrogens is 3. The lowest BCUT2D eigenvalue weighted by Crippen LogP contribution is -2.32. The number of carbonyl (C=O) groups excluding carboxylic acids is 1. The van der Waals surface area contributed by atoms with Crippen LogP contribution in [-0.4, -0.2) is 27.4 Å². The van der Waals surface area contributed by atoms with Gasteiger partial charge in [-0.1, -0.05) is 18.5 Å². The van der Waals surface area contributed by atoms with Crippen LogP contribution in [0.4, 0.5) is 11.8 Å². The fraction of sp³-hybridized carbons (Fsp3) is 0.444. The van der Waals surface area contributed by atoms with Crippen molar-refractivity contribution in [1.82, 2.24) is 26.5 Å². The molecule has 0 aliphatic carbocycles. The van der Waals surface area contributed by atoms with Gasteiger partial charge in [0.25, 0.3) is 0 Å². The fourth-order valence-corrected chi connectivity index (χ4v) is 4.10. The van der Waals surface area contributed by atoms with Crippen LogP contribution in [0.5, 0.6) is 0 Å². The number of fused-ring (bicyclic) bond motifs is 1. The maximum atomic E-state index is 11.8. The summed E-state index contributed by atoms with van der Waals surface area (Å²) in [4.78, 5) is 26.9. The highest BCUT2D eigenvalue weighted by Crippen LogP contribution is 2.41. The van der Waals surface area contributed by atoms with E-state index in [1.165, 1.54) is 16.7 Å². The smallest absolute Gasteiger partial charge is 0.234 e. The third kappa shape index (κ3) is 4.01. The second kappa shape index (κ2) is 8.68. The standard InChI is InChI=1S/C18H24ClN7O.H3N/c1-4-12-9(2)6-22-13(10(12)3)8-26-7-11(5-14(27)25-21)15-16(19)23-18(20)24-17(15)26;/h6,11H,4-5,7-8,21H2,1-3H3,(H,25,27)(H2,20,23,24);1H3/t11-;/m1./s1. The van der Waals surface area contributed by atoms with Gasteiger partial charge in [-0.2, -0.15) is 4.98 Å². The molecule has 3 heterocycles. The van der Waals surface area contributed by atoms with Gasteiger partial charge >= 0.3 is 0 Å². The van der Waals surface area contributed by atoms with Crippen molar-refractivity contribution < 1.29 is 4.79 Å². The first-order valence-corrected chi connectivity index (χ1v) is 9.24. The summed E-state index contributed by atoms with van der Waals surface area (Å²) >= 11 is 6.33. The maximum absolute atomic E-state index is 11.8. The van der Waals surface area contributed by atoms with Crippen molar-refractivity contribution in [2.45, 2.75) is 46.1 Å². The van der Waals surface area contributed by atoms with Crippen LogP contribution in [0.25, 0.3) is 0 Å². The van der Waals surface area contributed by atoms with Gasteiger partial charge in [0.1, 0.15) is 11.0 Å². The Kier molecular flexibility index (Phi) is 6.76. The summed E-state index contributed by atoms with van der Waals surface area (Å²) in [6.07, 6.45) is 3.05. The summed E-state index contributed by atoms with van der Waals surface area (Å²) in [5.41, 5.74) is 13.3. The Balaban J connectivity index is 0.00000280. The first kappa shape index (κ1) is 21.8. The van der Waals surface area contributed by atoms with Crippen LogP contribution < -0.4 is 28.1 Å². The molecule has 0 saturated carbocycles. The van der Waals surface area contributed by atoms with Crippen LogP contribution >= 0.6 is 11.6 Å². The van der Waals surface area contributed by atoms with Crippen LogP contribution in [0.3, 0.4) is 0 Å². The molecule has 0 aromatic carbocycles. The Hall–Kier alpha value is -2.49. The van der Waals surface area contributed by atoms with Gasteiger partial charge in [0, 0.05) is 30.6 Å². The molecule has 0 spiro atoms. The van der Waals surface area contributed by atoms with Crippen molar-refractivity contribution in [3.8, 4) is 0 Å². The number of hydrogen-bond acceptors (Lipinski definition) is 8. The molecule has 10 heteroatoms. The van der Waals surface area contributed by atoms with Gasteiger partial charge in [0.05, 0.1) is 12.2 Å². The molecule has 2 aromatic rings. The summed E-state index contributed by atoms with van der Waals surface area (Å²) in [7, 11) is 0. The summed E-state index contributed by atoms with van der Waals surface area (Å²) in [5, 5.41) is 0.276. The molecule has 2 aromatic heterocycles. The molecule has 9 nitrogen and oxygen atoms in total. The third-order valence-corrected chi connectivity index (χ3v) is 5.40. The van der Waals surface area contributed by atoms with Crippen LogP contribution in [0, 0.1) is 13.8 Å². The SMILES string of the molecule is CCc1c(C)cnc(CN2C[C@@H](CC(=O)NN)c3c(Cl)nc(N)nc32)c1C.N. The molecular formula is C18H27ClN8O. The first-order valence-electron chi connectivity index (χ1n) is 8.86. The number of amides is 1. The number of aryl methyl sites for hydroxylation is 1. The number of pyridine rings is 1. The summed E-state index contributed by atoms with van der Waals surface area (Å²) in [6.45, 7) is 7.42. The Labute approximate surface area is 169 Å². The molecule has 0 saturated heterocycles. The highest BCUT2D eigenvalue weighted by Gasteiger charge is 2.35. The van der Waals surface area contributed by atoms with Gasteiger partial charge in [-0.25, -0.2) is 10.8 Å². The molecule has 1 aliphatic heterocycles. The number of halogens is 1.